The van der Waals surface area contributed by atoms with E-state index in [-0.39, 0.29) is 21.4 Å². The predicted molar refractivity (Wildman–Crippen MR) is 142 cm³/mol. The molecule has 0 atom stereocenters. The number of benzene rings is 3. The minimum atomic E-state index is -4.15. The molecule has 0 aromatic heterocycles. The lowest BCUT2D eigenvalue weighted by atomic mass is 10.2. The van der Waals surface area contributed by atoms with Crippen molar-refractivity contribution in [3.63, 3.8) is 0 Å². The molecule has 0 aliphatic carbocycles. The first kappa shape index (κ1) is 27.3. The highest BCUT2D eigenvalue weighted by Crippen LogP contribution is 2.36. The normalized spacial score (nSPS) is 11.2. The zero-order valence-electron chi connectivity index (χ0n) is 19.6. The summed E-state index contributed by atoms with van der Waals surface area (Å²) in [5.41, 5.74) is 3.07. The molecule has 3 rings (SSSR count). The molecule has 190 valence electrons. The summed E-state index contributed by atoms with van der Waals surface area (Å²) in [5, 5.41) is 4.23. The molecule has 0 fully saturated rings. The van der Waals surface area contributed by atoms with Crippen LogP contribution in [0.4, 0.5) is 5.69 Å². The molecule has 0 saturated carbocycles. The average molecular weight is 597 g/mol. The zero-order valence-corrected chi connectivity index (χ0v) is 22.7. The number of sulfonamides is 1. The molecule has 0 radical (unpaired) electrons. The van der Waals surface area contributed by atoms with E-state index in [0.717, 1.165) is 4.31 Å². The number of carbonyl (C=O) groups excluding carboxylic acids is 1. The monoisotopic (exact) mass is 595 g/mol. The molecule has 9 nitrogen and oxygen atoms in total. The quantitative estimate of drug-likeness (QED) is 0.273. The SMILES string of the molecule is COc1ccc(Cl)cc1N(CC(=O)N/N=C\c1cc(Br)c(OC)c(OC)c1)S(=O)(=O)c1ccccc1. The van der Waals surface area contributed by atoms with Gasteiger partial charge in [-0.05, 0) is 64.0 Å². The minimum absolute atomic E-state index is 0.00138. The molecule has 0 heterocycles. The zero-order chi connectivity index (χ0) is 26.3. The summed E-state index contributed by atoms with van der Waals surface area (Å²) in [6, 6.07) is 15.6. The Hall–Kier alpha value is -3.28. The second kappa shape index (κ2) is 12.1. The third-order valence-corrected chi connectivity index (χ3v) is 7.48. The van der Waals surface area contributed by atoms with E-state index < -0.39 is 22.5 Å². The Morgan fingerprint density at radius 1 is 1.03 bits per heavy atom. The molecule has 0 unspecified atom stereocenters. The highest BCUT2D eigenvalue weighted by Gasteiger charge is 2.29. The highest BCUT2D eigenvalue weighted by molar-refractivity contribution is 9.10. The van der Waals surface area contributed by atoms with Crippen molar-refractivity contribution in [2.24, 2.45) is 5.10 Å². The Morgan fingerprint density at radius 3 is 2.36 bits per heavy atom. The van der Waals surface area contributed by atoms with Crippen LogP contribution in [0.2, 0.25) is 5.02 Å². The standard InChI is InChI=1S/C24H23BrClN3O6S/c1-33-21-10-9-17(26)13-20(21)29(36(31,32)18-7-5-4-6-8-18)15-23(30)28-27-14-16-11-19(25)24(35-3)22(12-16)34-2/h4-14H,15H2,1-3H3,(H,28,30)/b27-14-. The predicted octanol–water partition coefficient (Wildman–Crippen LogP) is 4.47. The number of hydrogen-bond acceptors (Lipinski definition) is 7. The van der Waals surface area contributed by atoms with Crippen LogP contribution in [0.1, 0.15) is 5.56 Å². The fourth-order valence-corrected chi connectivity index (χ4v) is 5.47. The second-order valence-corrected chi connectivity index (χ2v) is 10.3. The summed E-state index contributed by atoms with van der Waals surface area (Å²) in [4.78, 5) is 12.8. The van der Waals surface area contributed by atoms with Crippen LogP contribution in [0.5, 0.6) is 17.2 Å². The number of rotatable bonds is 10. The molecule has 0 spiro atoms. The average Bonchev–Trinajstić information content (AvgIpc) is 2.87. The lowest BCUT2D eigenvalue weighted by molar-refractivity contribution is -0.119. The van der Waals surface area contributed by atoms with Gasteiger partial charge in [-0.1, -0.05) is 29.8 Å². The van der Waals surface area contributed by atoms with Gasteiger partial charge in [0, 0.05) is 5.02 Å². The topological polar surface area (TPSA) is 107 Å². The van der Waals surface area contributed by atoms with Gasteiger partial charge in [0.05, 0.1) is 42.6 Å². The molecule has 0 aliphatic heterocycles. The smallest absolute Gasteiger partial charge is 0.264 e. The fourth-order valence-electron chi connectivity index (χ4n) is 3.23. The van der Waals surface area contributed by atoms with Crippen LogP contribution in [0.15, 0.2) is 75.1 Å². The van der Waals surface area contributed by atoms with Crippen molar-refractivity contribution in [3.8, 4) is 17.2 Å². The first-order valence-corrected chi connectivity index (χ1v) is 13.0. The second-order valence-electron chi connectivity index (χ2n) is 7.17. The van der Waals surface area contributed by atoms with Gasteiger partial charge in [-0.2, -0.15) is 5.10 Å². The van der Waals surface area contributed by atoms with Gasteiger partial charge in [-0.3, -0.25) is 9.10 Å². The van der Waals surface area contributed by atoms with Crippen molar-refractivity contribution < 1.29 is 27.4 Å². The summed E-state index contributed by atoms with van der Waals surface area (Å²) < 4.78 is 44.4. The number of hydrazone groups is 1. The van der Waals surface area contributed by atoms with Crippen LogP contribution in [0.25, 0.3) is 0 Å². The number of nitrogens with one attached hydrogen (secondary N) is 1. The molecule has 0 bridgehead atoms. The van der Waals surface area contributed by atoms with E-state index in [9.17, 15) is 13.2 Å². The van der Waals surface area contributed by atoms with Crippen molar-refractivity contribution in [1.82, 2.24) is 5.43 Å². The number of amides is 1. The third kappa shape index (κ3) is 6.28. The van der Waals surface area contributed by atoms with Crippen molar-refractivity contribution in [2.45, 2.75) is 4.90 Å². The van der Waals surface area contributed by atoms with Gasteiger partial charge < -0.3 is 14.2 Å². The van der Waals surface area contributed by atoms with E-state index in [1.165, 1.54) is 51.8 Å². The van der Waals surface area contributed by atoms with Gasteiger partial charge in [0.1, 0.15) is 12.3 Å². The number of carbonyl (C=O) groups is 1. The molecule has 3 aromatic rings. The molecule has 36 heavy (non-hydrogen) atoms. The Bertz CT molecular complexity index is 1370. The number of ether oxygens (including phenoxy) is 3. The van der Waals surface area contributed by atoms with Crippen molar-refractivity contribution >= 4 is 55.4 Å². The molecule has 12 heteroatoms. The van der Waals surface area contributed by atoms with Crippen LogP contribution >= 0.6 is 27.5 Å². The van der Waals surface area contributed by atoms with E-state index in [2.05, 4.69) is 26.5 Å². The maximum atomic E-state index is 13.5. The molecular weight excluding hydrogens is 574 g/mol. The number of halogens is 2. The summed E-state index contributed by atoms with van der Waals surface area (Å²) in [5.74, 6) is 0.515. The Morgan fingerprint density at radius 2 is 1.72 bits per heavy atom. The van der Waals surface area contributed by atoms with Crippen molar-refractivity contribution in [3.05, 3.63) is 75.7 Å². The molecule has 0 saturated heterocycles. The largest absolute Gasteiger partial charge is 0.495 e. The van der Waals surface area contributed by atoms with E-state index in [1.54, 1.807) is 36.4 Å². The highest BCUT2D eigenvalue weighted by atomic mass is 79.9. The van der Waals surface area contributed by atoms with E-state index in [4.69, 9.17) is 25.8 Å². The summed E-state index contributed by atoms with van der Waals surface area (Å²) >= 11 is 9.53. The van der Waals surface area contributed by atoms with Crippen LogP contribution in [-0.4, -0.2) is 48.4 Å². The van der Waals surface area contributed by atoms with Gasteiger partial charge in [0.15, 0.2) is 11.5 Å². The summed E-state index contributed by atoms with van der Waals surface area (Å²) in [6.07, 6.45) is 1.39. The Balaban J connectivity index is 1.89. The number of hydrogen-bond donors (Lipinski definition) is 1. The number of anilines is 1. The number of methoxy groups -OCH3 is 3. The fraction of sp³-hybridized carbons (Fsp3) is 0.167. The molecule has 3 aromatic carbocycles. The maximum absolute atomic E-state index is 13.5. The van der Waals surface area contributed by atoms with Gasteiger partial charge in [-0.15, -0.1) is 0 Å². The Kier molecular flexibility index (Phi) is 9.19. The van der Waals surface area contributed by atoms with Crippen LogP contribution in [0, 0.1) is 0 Å². The molecule has 1 N–H and O–H groups in total. The first-order valence-electron chi connectivity index (χ1n) is 10.4. The number of nitrogens with zero attached hydrogens (tertiary/aromatic N) is 2. The van der Waals surface area contributed by atoms with Gasteiger partial charge in [0.25, 0.3) is 15.9 Å². The van der Waals surface area contributed by atoms with Gasteiger partial charge >= 0.3 is 0 Å². The lowest BCUT2D eigenvalue weighted by Gasteiger charge is -2.25. The minimum Gasteiger partial charge on any atom is -0.495 e. The van der Waals surface area contributed by atoms with Crippen molar-refractivity contribution in [2.75, 3.05) is 32.2 Å². The summed E-state index contributed by atoms with van der Waals surface area (Å²) in [6.45, 7) is -0.582. The molecule has 0 aliphatic rings. The molecule has 1 amide bonds. The maximum Gasteiger partial charge on any atom is 0.264 e. The van der Waals surface area contributed by atoms with Crippen molar-refractivity contribution in [1.29, 1.82) is 0 Å². The Labute approximate surface area is 222 Å². The lowest BCUT2D eigenvalue weighted by Crippen LogP contribution is -2.39. The van der Waals surface area contributed by atoms with Crippen LogP contribution in [0.3, 0.4) is 0 Å². The van der Waals surface area contributed by atoms with Gasteiger partial charge in [-0.25, -0.2) is 13.8 Å². The van der Waals surface area contributed by atoms with Gasteiger partial charge in [0.2, 0.25) is 0 Å². The summed E-state index contributed by atoms with van der Waals surface area (Å²) in [7, 11) is 0.255. The molecular formula is C24H23BrClN3O6S. The van der Waals surface area contributed by atoms with E-state index in [1.807, 2.05) is 0 Å². The third-order valence-electron chi connectivity index (χ3n) is 4.89. The first-order chi connectivity index (χ1) is 17.2. The van der Waals surface area contributed by atoms with E-state index in [0.29, 0.717) is 21.5 Å². The van der Waals surface area contributed by atoms with Crippen LogP contribution < -0.4 is 23.9 Å². The van der Waals surface area contributed by atoms with E-state index >= 15 is 0 Å². The van der Waals surface area contributed by atoms with Crippen LogP contribution in [-0.2, 0) is 14.8 Å².